The fourth-order valence-corrected chi connectivity index (χ4v) is 2.53. The summed E-state index contributed by atoms with van der Waals surface area (Å²) in [7, 11) is 0. The number of nitrogens with zero attached hydrogens (tertiary/aromatic N) is 2. The number of aliphatic hydroxyl groups is 2. The summed E-state index contributed by atoms with van der Waals surface area (Å²) in [6.45, 7) is 1.86. The Kier molecular flexibility index (Phi) is 2.81. The zero-order chi connectivity index (χ0) is 12.7. The number of benzene rings is 1. The normalized spacial score (nSPS) is 28.1. The Bertz CT molecular complexity index is 566. The summed E-state index contributed by atoms with van der Waals surface area (Å²) in [5.74, 6) is 0. The number of aromatic nitrogens is 2. The van der Waals surface area contributed by atoms with Crippen molar-refractivity contribution in [3.63, 3.8) is 0 Å². The van der Waals surface area contributed by atoms with Crippen LogP contribution in [0.4, 0.5) is 0 Å². The number of imidazole rings is 1. The highest BCUT2D eigenvalue weighted by atomic mass is 16.5. The Morgan fingerprint density at radius 2 is 2.33 bits per heavy atom. The minimum absolute atomic E-state index is 0.163. The first-order valence-corrected chi connectivity index (χ1v) is 6.07. The van der Waals surface area contributed by atoms with Gasteiger partial charge in [-0.25, -0.2) is 4.98 Å². The molecular formula is C13H16N2O3. The molecule has 1 aliphatic rings. The summed E-state index contributed by atoms with van der Waals surface area (Å²) in [6, 6.07) is 5.94. The van der Waals surface area contributed by atoms with E-state index in [2.05, 4.69) is 4.98 Å². The molecule has 0 radical (unpaired) electrons. The van der Waals surface area contributed by atoms with E-state index < -0.39 is 12.2 Å². The lowest BCUT2D eigenvalue weighted by Crippen LogP contribution is -2.24. The topological polar surface area (TPSA) is 67.5 Å². The molecule has 0 saturated carbocycles. The molecule has 1 fully saturated rings. The van der Waals surface area contributed by atoms with E-state index in [1.807, 2.05) is 29.7 Å². The second-order valence-electron chi connectivity index (χ2n) is 4.71. The highest BCUT2D eigenvalue weighted by Gasteiger charge is 2.35. The molecule has 18 heavy (non-hydrogen) atoms. The molecule has 1 aromatic heterocycles. The lowest BCUT2D eigenvalue weighted by Gasteiger charge is -2.15. The summed E-state index contributed by atoms with van der Waals surface area (Å²) in [4.78, 5) is 4.34. The van der Waals surface area contributed by atoms with Gasteiger partial charge in [0.1, 0.15) is 12.3 Å². The van der Waals surface area contributed by atoms with Gasteiger partial charge in [0.15, 0.2) is 0 Å². The second-order valence-corrected chi connectivity index (χ2v) is 4.71. The standard InChI is InChI=1S/C13H16N2O3/c1-8-3-2-4-9-13(8)15(7-14-9)12-5-10(17)11(6-16)18-12/h2-4,7,10-12,16-17H,5-6H2,1H3/t10-,11+,12+/m0/s1. The summed E-state index contributed by atoms with van der Waals surface area (Å²) in [5, 5.41) is 18.9. The number of ether oxygens (including phenoxy) is 1. The SMILES string of the molecule is Cc1cccc2ncn([C@H]3C[C@H](O)[C@@H](CO)O3)c12. The van der Waals surface area contributed by atoms with E-state index in [0.717, 1.165) is 16.6 Å². The molecule has 3 rings (SSSR count). The van der Waals surface area contributed by atoms with Crippen molar-refractivity contribution >= 4 is 11.0 Å². The van der Waals surface area contributed by atoms with Crippen LogP contribution in [0.5, 0.6) is 0 Å². The summed E-state index contributed by atoms with van der Waals surface area (Å²) in [5.41, 5.74) is 3.06. The lowest BCUT2D eigenvalue weighted by atomic mass is 10.2. The fourth-order valence-electron chi connectivity index (χ4n) is 2.53. The first kappa shape index (κ1) is 11.6. The maximum atomic E-state index is 9.78. The van der Waals surface area contributed by atoms with Gasteiger partial charge in [0, 0.05) is 6.42 Å². The van der Waals surface area contributed by atoms with Gasteiger partial charge in [-0.2, -0.15) is 0 Å². The van der Waals surface area contributed by atoms with Crippen molar-refractivity contribution in [1.82, 2.24) is 9.55 Å². The quantitative estimate of drug-likeness (QED) is 0.831. The number of aliphatic hydroxyl groups excluding tert-OH is 2. The molecule has 2 N–H and O–H groups in total. The molecule has 0 aliphatic carbocycles. The van der Waals surface area contributed by atoms with Crippen molar-refractivity contribution in [2.24, 2.45) is 0 Å². The fraction of sp³-hybridized carbons (Fsp3) is 0.462. The van der Waals surface area contributed by atoms with E-state index in [1.54, 1.807) is 6.33 Å². The van der Waals surface area contributed by atoms with Gasteiger partial charge in [-0.05, 0) is 18.6 Å². The Labute approximate surface area is 105 Å². The Morgan fingerprint density at radius 3 is 3.06 bits per heavy atom. The van der Waals surface area contributed by atoms with Gasteiger partial charge in [-0.1, -0.05) is 12.1 Å². The number of fused-ring (bicyclic) bond motifs is 1. The van der Waals surface area contributed by atoms with Crippen LogP contribution in [0.1, 0.15) is 18.2 Å². The molecular weight excluding hydrogens is 232 g/mol. The highest BCUT2D eigenvalue weighted by Crippen LogP contribution is 2.31. The Balaban J connectivity index is 2.01. The first-order valence-electron chi connectivity index (χ1n) is 6.07. The molecule has 2 aromatic rings. The van der Waals surface area contributed by atoms with Gasteiger partial charge in [0.25, 0.3) is 0 Å². The van der Waals surface area contributed by atoms with Crippen molar-refractivity contribution in [2.75, 3.05) is 6.61 Å². The van der Waals surface area contributed by atoms with Crippen molar-refractivity contribution in [2.45, 2.75) is 31.8 Å². The predicted octanol–water partition coefficient (Wildman–Crippen LogP) is 0.985. The summed E-state index contributed by atoms with van der Waals surface area (Å²) >= 11 is 0. The van der Waals surface area contributed by atoms with Gasteiger partial charge in [0.05, 0.1) is 30.1 Å². The molecule has 5 nitrogen and oxygen atoms in total. The van der Waals surface area contributed by atoms with Crippen molar-refractivity contribution in [3.8, 4) is 0 Å². The van der Waals surface area contributed by atoms with Crippen LogP contribution in [0, 0.1) is 6.92 Å². The molecule has 1 saturated heterocycles. The van der Waals surface area contributed by atoms with E-state index in [9.17, 15) is 5.11 Å². The third-order valence-electron chi connectivity index (χ3n) is 3.49. The Hall–Kier alpha value is -1.43. The van der Waals surface area contributed by atoms with E-state index in [1.165, 1.54) is 0 Å². The molecule has 1 aliphatic heterocycles. The minimum atomic E-state index is -0.624. The molecule has 2 heterocycles. The maximum absolute atomic E-state index is 9.78. The van der Waals surface area contributed by atoms with E-state index in [-0.39, 0.29) is 12.8 Å². The molecule has 0 unspecified atom stereocenters. The average Bonchev–Trinajstić information content (AvgIpc) is 2.93. The monoisotopic (exact) mass is 248 g/mol. The van der Waals surface area contributed by atoms with Crippen molar-refractivity contribution < 1.29 is 14.9 Å². The predicted molar refractivity (Wildman–Crippen MR) is 66.1 cm³/mol. The molecule has 0 bridgehead atoms. The van der Waals surface area contributed by atoms with E-state index in [4.69, 9.17) is 9.84 Å². The maximum Gasteiger partial charge on any atom is 0.138 e. The zero-order valence-corrected chi connectivity index (χ0v) is 10.2. The van der Waals surface area contributed by atoms with Crippen LogP contribution >= 0.6 is 0 Å². The first-order chi connectivity index (χ1) is 8.70. The van der Waals surface area contributed by atoms with Crippen molar-refractivity contribution in [1.29, 1.82) is 0 Å². The smallest absolute Gasteiger partial charge is 0.138 e. The highest BCUT2D eigenvalue weighted by molar-refractivity contribution is 5.78. The molecule has 0 amide bonds. The second kappa shape index (κ2) is 4.35. The molecule has 1 aromatic carbocycles. The van der Waals surface area contributed by atoms with Crippen LogP contribution in [-0.2, 0) is 4.74 Å². The van der Waals surface area contributed by atoms with Crippen LogP contribution in [0.3, 0.4) is 0 Å². The van der Waals surface area contributed by atoms with Crippen LogP contribution in [0.25, 0.3) is 11.0 Å². The van der Waals surface area contributed by atoms with Crippen LogP contribution in [0.15, 0.2) is 24.5 Å². The largest absolute Gasteiger partial charge is 0.394 e. The van der Waals surface area contributed by atoms with Crippen LogP contribution < -0.4 is 0 Å². The summed E-state index contributed by atoms with van der Waals surface area (Å²) in [6.07, 6.45) is 0.820. The Morgan fingerprint density at radius 1 is 1.50 bits per heavy atom. The molecule has 0 spiro atoms. The zero-order valence-electron chi connectivity index (χ0n) is 10.2. The van der Waals surface area contributed by atoms with E-state index >= 15 is 0 Å². The average molecular weight is 248 g/mol. The number of rotatable bonds is 2. The molecule has 5 heteroatoms. The van der Waals surface area contributed by atoms with Crippen LogP contribution in [-0.4, -0.2) is 38.6 Å². The minimum Gasteiger partial charge on any atom is -0.394 e. The van der Waals surface area contributed by atoms with Gasteiger partial charge >= 0.3 is 0 Å². The van der Waals surface area contributed by atoms with Crippen LogP contribution in [0.2, 0.25) is 0 Å². The number of aryl methyl sites for hydroxylation is 1. The van der Waals surface area contributed by atoms with Gasteiger partial charge < -0.3 is 19.5 Å². The summed E-state index contributed by atoms with van der Waals surface area (Å²) < 4.78 is 7.59. The van der Waals surface area contributed by atoms with Gasteiger partial charge in [-0.15, -0.1) is 0 Å². The third kappa shape index (κ3) is 1.71. The molecule has 3 atom stereocenters. The van der Waals surface area contributed by atoms with Gasteiger partial charge in [0.2, 0.25) is 0 Å². The van der Waals surface area contributed by atoms with Gasteiger partial charge in [-0.3, -0.25) is 0 Å². The van der Waals surface area contributed by atoms with Crippen molar-refractivity contribution in [3.05, 3.63) is 30.1 Å². The lowest BCUT2D eigenvalue weighted by molar-refractivity contribution is -0.0430. The molecule has 96 valence electrons. The number of hydrogen-bond acceptors (Lipinski definition) is 4. The van der Waals surface area contributed by atoms with E-state index in [0.29, 0.717) is 6.42 Å². The third-order valence-corrected chi connectivity index (χ3v) is 3.49. The number of para-hydroxylation sites is 1. The number of hydrogen-bond donors (Lipinski definition) is 2.